The molecule has 2 aromatic carbocycles. The highest BCUT2D eigenvalue weighted by Crippen LogP contribution is 2.20. The van der Waals surface area contributed by atoms with Crippen molar-refractivity contribution < 1.29 is 18.7 Å². The van der Waals surface area contributed by atoms with Crippen LogP contribution >= 0.6 is 0 Å². The van der Waals surface area contributed by atoms with E-state index >= 15 is 0 Å². The van der Waals surface area contributed by atoms with Crippen LogP contribution in [0.5, 0.6) is 5.75 Å². The summed E-state index contributed by atoms with van der Waals surface area (Å²) < 4.78 is 25.5. The van der Waals surface area contributed by atoms with Crippen molar-refractivity contribution in [2.45, 2.75) is 45.8 Å². The number of carbonyl (C=O) groups excluding carboxylic acids is 1. The summed E-state index contributed by atoms with van der Waals surface area (Å²) in [6, 6.07) is 15.8. The zero-order valence-electron chi connectivity index (χ0n) is 20.2. The zero-order valence-corrected chi connectivity index (χ0v) is 20.2. The fraction of sp³-hybridized carbons (Fsp3) is 0.357. The van der Waals surface area contributed by atoms with E-state index in [-0.39, 0.29) is 29.0 Å². The molecule has 2 heterocycles. The number of hydrogen-bond acceptors (Lipinski definition) is 4. The van der Waals surface area contributed by atoms with Gasteiger partial charge in [-0.25, -0.2) is 4.39 Å². The lowest BCUT2D eigenvalue weighted by Gasteiger charge is -2.26. The number of amides is 1. The Morgan fingerprint density at radius 3 is 2.77 bits per heavy atom. The van der Waals surface area contributed by atoms with E-state index in [0.29, 0.717) is 44.0 Å². The Morgan fingerprint density at radius 2 is 2.00 bits per heavy atom. The minimum atomic E-state index is -0.388. The van der Waals surface area contributed by atoms with E-state index < -0.39 is 0 Å². The molecule has 1 aliphatic rings. The van der Waals surface area contributed by atoms with Crippen LogP contribution in [0.25, 0.3) is 0 Å². The third kappa shape index (κ3) is 6.36. The molecule has 3 aromatic rings. The fourth-order valence-corrected chi connectivity index (χ4v) is 4.24. The summed E-state index contributed by atoms with van der Waals surface area (Å²) in [7, 11) is 0. The molecular weight excluding hydrogens is 447 g/mol. The molecule has 0 aliphatic carbocycles. The number of ether oxygens (including phenoxy) is 2. The molecule has 0 unspecified atom stereocenters. The van der Waals surface area contributed by atoms with Crippen LogP contribution in [0, 0.1) is 19.7 Å². The number of rotatable bonds is 9. The maximum absolute atomic E-state index is 13.9. The van der Waals surface area contributed by atoms with Crippen LogP contribution < -0.4 is 10.3 Å². The molecule has 1 saturated heterocycles. The molecule has 0 saturated carbocycles. The first-order chi connectivity index (χ1) is 16.9. The molecular formula is C28H31FN2O4. The Kier molecular flexibility index (Phi) is 7.98. The second-order valence-electron chi connectivity index (χ2n) is 8.98. The van der Waals surface area contributed by atoms with Gasteiger partial charge in [-0.15, -0.1) is 0 Å². The largest absolute Gasteiger partial charge is 0.493 e. The topological polar surface area (TPSA) is 71.6 Å². The monoisotopic (exact) mass is 478 g/mol. The summed E-state index contributed by atoms with van der Waals surface area (Å²) in [5.74, 6) is 0.0811. The van der Waals surface area contributed by atoms with Crippen LogP contribution in [0.15, 0.2) is 59.4 Å². The number of aromatic nitrogens is 1. The Bertz CT molecular complexity index is 1230. The molecule has 7 heteroatoms. The second kappa shape index (κ2) is 11.3. The molecule has 1 aromatic heterocycles. The van der Waals surface area contributed by atoms with Gasteiger partial charge < -0.3 is 19.4 Å². The Balaban J connectivity index is 1.48. The lowest BCUT2D eigenvalue weighted by molar-refractivity contribution is 0.0505. The molecule has 4 rings (SSSR count). The molecule has 1 aliphatic heterocycles. The number of H-pyrrole nitrogens is 1. The Morgan fingerprint density at radius 1 is 1.17 bits per heavy atom. The first kappa shape index (κ1) is 24.7. The summed E-state index contributed by atoms with van der Waals surface area (Å²) in [6.45, 7) is 5.42. The quantitative estimate of drug-likeness (QED) is 0.489. The molecule has 1 atom stereocenters. The maximum Gasteiger partial charge on any atom is 0.261 e. The molecule has 1 N–H and O–H groups in total. The number of halogens is 1. The number of carbonyl (C=O) groups is 1. The summed E-state index contributed by atoms with van der Waals surface area (Å²) >= 11 is 0. The number of nitrogens with one attached hydrogen (secondary N) is 1. The highest BCUT2D eigenvalue weighted by Gasteiger charge is 2.25. The summed E-state index contributed by atoms with van der Waals surface area (Å²) in [5.41, 5.74) is 2.83. The van der Waals surface area contributed by atoms with Crippen molar-refractivity contribution in [1.82, 2.24) is 9.88 Å². The third-order valence-electron chi connectivity index (χ3n) is 6.33. The predicted octanol–water partition coefficient (Wildman–Crippen LogP) is 4.57. The summed E-state index contributed by atoms with van der Waals surface area (Å²) in [4.78, 5) is 30.5. The summed E-state index contributed by atoms with van der Waals surface area (Å²) in [5, 5.41) is 0. The first-order valence-corrected chi connectivity index (χ1v) is 12.0. The molecule has 35 heavy (non-hydrogen) atoms. The van der Waals surface area contributed by atoms with Gasteiger partial charge in [0.25, 0.3) is 11.5 Å². The van der Waals surface area contributed by atoms with E-state index in [2.05, 4.69) is 4.98 Å². The molecule has 0 spiro atoms. The van der Waals surface area contributed by atoms with E-state index in [1.165, 1.54) is 6.07 Å². The molecule has 184 valence electrons. The van der Waals surface area contributed by atoms with Crippen LogP contribution in [-0.4, -0.2) is 41.7 Å². The number of benzene rings is 2. The SMILES string of the molecule is Cc1cc(C(=O)N(Cc2cccc(OCCc3ccccc3F)c2)C[C@@H]2CCCO2)c(=O)[nH]c1C. The van der Waals surface area contributed by atoms with E-state index in [4.69, 9.17) is 9.47 Å². The van der Waals surface area contributed by atoms with E-state index in [9.17, 15) is 14.0 Å². The van der Waals surface area contributed by atoms with Crippen molar-refractivity contribution in [3.8, 4) is 5.75 Å². The van der Waals surface area contributed by atoms with Crippen LogP contribution in [0.4, 0.5) is 4.39 Å². The van der Waals surface area contributed by atoms with Crippen LogP contribution in [0.3, 0.4) is 0 Å². The number of nitrogens with zero attached hydrogens (tertiary/aromatic N) is 1. The fourth-order valence-electron chi connectivity index (χ4n) is 4.24. The maximum atomic E-state index is 13.9. The molecule has 0 bridgehead atoms. The van der Waals surface area contributed by atoms with Gasteiger partial charge in [0, 0.05) is 31.8 Å². The van der Waals surface area contributed by atoms with Gasteiger partial charge in [-0.05, 0) is 67.6 Å². The average molecular weight is 479 g/mol. The number of aromatic amines is 1. The van der Waals surface area contributed by atoms with Crippen molar-refractivity contribution >= 4 is 5.91 Å². The first-order valence-electron chi connectivity index (χ1n) is 12.0. The molecule has 1 amide bonds. The zero-order chi connectivity index (χ0) is 24.8. The number of pyridine rings is 1. The van der Waals surface area contributed by atoms with E-state index in [1.807, 2.05) is 38.1 Å². The van der Waals surface area contributed by atoms with Gasteiger partial charge in [-0.3, -0.25) is 9.59 Å². The van der Waals surface area contributed by atoms with Crippen LogP contribution in [-0.2, 0) is 17.7 Å². The highest BCUT2D eigenvalue weighted by atomic mass is 19.1. The van der Waals surface area contributed by atoms with Gasteiger partial charge in [0.05, 0.1) is 12.7 Å². The van der Waals surface area contributed by atoms with Crippen molar-refractivity contribution in [3.05, 3.63) is 98.7 Å². The minimum absolute atomic E-state index is 0.0511. The third-order valence-corrected chi connectivity index (χ3v) is 6.33. The molecule has 0 radical (unpaired) electrons. The second-order valence-corrected chi connectivity index (χ2v) is 8.98. The van der Waals surface area contributed by atoms with Gasteiger partial charge in [-0.2, -0.15) is 0 Å². The smallest absolute Gasteiger partial charge is 0.261 e. The molecule has 1 fully saturated rings. The lowest BCUT2D eigenvalue weighted by Crippen LogP contribution is -2.39. The van der Waals surface area contributed by atoms with Crippen molar-refractivity contribution in [2.24, 2.45) is 0 Å². The Hall–Kier alpha value is -3.45. The van der Waals surface area contributed by atoms with Crippen molar-refractivity contribution in [3.63, 3.8) is 0 Å². The van der Waals surface area contributed by atoms with Gasteiger partial charge in [-0.1, -0.05) is 30.3 Å². The Labute approximate surface area is 204 Å². The van der Waals surface area contributed by atoms with Gasteiger partial charge in [0.1, 0.15) is 17.1 Å². The predicted molar refractivity (Wildman–Crippen MR) is 132 cm³/mol. The van der Waals surface area contributed by atoms with E-state index in [1.54, 1.807) is 29.2 Å². The standard InChI is InChI=1S/C28H31FN2O4/c1-19-15-25(27(32)30-20(19)2)28(33)31(18-24-10-6-13-34-24)17-21-7-5-9-23(16-21)35-14-12-22-8-3-4-11-26(22)29/h3-5,7-9,11,15-16,24H,6,10,12-14,17-18H2,1-2H3,(H,30,32)/t24-/m0/s1. The number of hydrogen-bond donors (Lipinski definition) is 1. The minimum Gasteiger partial charge on any atom is -0.493 e. The average Bonchev–Trinajstić information content (AvgIpc) is 3.35. The summed E-state index contributed by atoms with van der Waals surface area (Å²) in [6.07, 6.45) is 2.25. The lowest BCUT2D eigenvalue weighted by atomic mass is 10.1. The van der Waals surface area contributed by atoms with Crippen LogP contribution in [0.2, 0.25) is 0 Å². The van der Waals surface area contributed by atoms with E-state index in [0.717, 1.165) is 29.7 Å². The van der Waals surface area contributed by atoms with Crippen molar-refractivity contribution in [1.29, 1.82) is 0 Å². The van der Waals surface area contributed by atoms with Gasteiger partial charge >= 0.3 is 0 Å². The van der Waals surface area contributed by atoms with Gasteiger partial charge in [0.15, 0.2) is 0 Å². The highest BCUT2D eigenvalue weighted by molar-refractivity contribution is 5.94. The van der Waals surface area contributed by atoms with Crippen LogP contribution in [0.1, 0.15) is 45.6 Å². The van der Waals surface area contributed by atoms with Gasteiger partial charge in [0.2, 0.25) is 0 Å². The molecule has 6 nitrogen and oxygen atoms in total. The normalized spacial score (nSPS) is 15.2. The van der Waals surface area contributed by atoms with Crippen molar-refractivity contribution in [2.75, 3.05) is 19.8 Å². The number of aryl methyl sites for hydroxylation is 2.